The zero-order valence-electron chi connectivity index (χ0n) is 18.7. The largest absolute Gasteiger partial charge is 0.493 e. The number of hydrogen-bond donors (Lipinski definition) is 1. The maximum absolute atomic E-state index is 13.6. The van der Waals surface area contributed by atoms with Gasteiger partial charge in [-0.05, 0) is 83.8 Å². The molecule has 172 valence electrons. The van der Waals surface area contributed by atoms with Crippen molar-refractivity contribution in [3.8, 4) is 16.9 Å². The number of ether oxygens (including phenoxy) is 1. The van der Waals surface area contributed by atoms with Gasteiger partial charge >= 0.3 is 5.97 Å². The third-order valence-electron chi connectivity index (χ3n) is 5.69. The third kappa shape index (κ3) is 4.95. The first-order valence-corrected chi connectivity index (χ1v) is 11.4. The fourth-order valence-electron chi connectivity index (χ4n) is 3.96. The van der Waals surface area contributed by atoms with Crippen LogP contribution in [-0.2, 0) is 6.42 Å². The summed E-state index contributed by atoms with van der Waals surface area (Å²) in [5.74, 6) is -0.435. The molecule has 1 aliphatic rings. The molecule has 1 heterocycles. The Hall–Kier alpha value is -3.70. The molecule has 34 heavy (non-hydrogen) atoms. The van der Waals surface area contributed by atoms with E-state index in [-0.39, 0.29) is 11.3 Å². The molecule has 3 aromatic rings. The Bertz CT molecular complexity index is 1270. The molecule has 4 rings (SSSR count). The van der Waals surface area contributed by atoms with Crippen molar-refractivity contribution in [2.75, 3.05) is 6.61 Å². The second kappa shape index (κ2) is 10.1. The van der Waals surface area contributed by atoms with Crippen LogP contribution in [0.1, 0.15) is 39.6 Å². The number of carbonyl (C=O) groups is 2. The average molecular weight is 474 g/mol. The molecule has 0 aliphatic carbocycles. The van der Waals surface area contributed by atoms with E-state index in [9.17, 15) is 14.7 Å². The van der Waals surface area contributed by atoms with Crippen LogP contribution in [0.4, 0.5) is 0 Å². The van der Waals surface area contributed by atoms with Crippen LogP contribution in [0.5, 0.6) is 5.75 Å². The molecule has 5 nitrogen and oxygen atoms in total. The van der Waals surface area contributed by atoms with E-state index in [0.29, 0.717) is 29.4 Å². The molecule has 6 heteroatoms. The van der Waals surface area contributed by atoms with Crippen molar-refractivity contribution in [3.63, 3.8) is 0 Å². The highest BCUT2D eigenvalue weighted by Crippen LogP contribution is 2.34. The molecule has 0 spiro atoms. The van der Waals surface area contributed by atoms with Crippen LogP contribution in [0.25, 0.3) is 11.1 Å². The average Bonchev–Trinajstić information content (AvgIpc) is 3.33. The Kier molecular flexibility index (Phi) is 6.94. The number of halogens is 1. The highest BCUT2D eigenvalue weighted by atomic mass is 35.5. The number of aromatic carboxylic acids is 1. The van der Waals surface area contributed by atoms with Crippen molar-refractivity contribution in [3.05, 3.63) is 101 Å². The summed E-state index contributed by atoms with van der Waals surface area (Å²) in [6, 6.07) is 19.3. The Labute approximate surface area is 203 Å². The number of carboxylic acid groups (broad SMARTS) is 1. The molecular formula is C28H24ClNO4. The quantitative estimate of drug-likeness (QED) is 0.370. The van der Waals surface area contributed by atoms with Crippen molar-refractivity contribution in [1.82, 2.24) is 0 Å². The normalized spacial score (nSPS) is 16.5. The lowest BCUT2D eigenvalue weighted by atomic mass is 9.83. The van der Waals surface area contributed by atoms with Crippen LogP contribution >= 0.6 is 11.6 Å². The molecule has 0 fully saturated rings. The number of rotatable bonds is 9. The summed E-state index contributed by atoms with van der Waals surface area (Å²) < 4.78 is 6.00. The summed E-state index contributed by atoms with van der Waals surface area (Å²) in [7, 11) is 0. The van der Waals surface area contributed by atoms with Crippen LogP contribution in [-0.4, -0.2) is 35.2 Å². The van der Waals surface area contributed by atoms with Gasteiger partial charge in [-0.2, -0.15) is 0 Å². The highest BCUT2D eigenvalue weighted by Gasteiger charge is 2.38. The van der Waals surface area contributed by atoms with Crippen LogP contribution in [0.2, 0.25) is 5.02 Å². The van der Waals surface area contributed by atoms with Crippen LogP contribution in [0.3, 0.4) is 0 Å². The molecule has 1 N–H and O–H groups in total. The fourth-order valence-corrected chi connectivity index (χ4v) is 4.09. The lowest BCUT2D eigenvalue weighted by Crippen LogP contribution is -2.36. The standard InChI is InChI=1S/C28H24ClNO4/c1-2-15-34-25-12-9-21(20-5-3-6-22(16-20)27(32)33)17-23(25)18-28(13-4-14-30-28)26(31)19-7-10-24(29)11-8-19/h3-14,16-17H,2,15,18H2,1H3,(H,32,33). The maximum atomic E-state index is 13.6. The van der Waals surface area contributed by atoms with Crippen molar-refractivity contribution in [1.29, 1.82) is 0 Å². The number of Topliss-reactive ketones (excluding diaryl/α,β-unsaturated/α-hetero) is 1. The third-order valence-corrected chi connectivity index (χ3v) is 5.94. The van der Waals surface area contributed by atoms with Crippen LogP contribution < -0.4 is 4.74 Å². The monoisotopic (exact) mass is 473 g/mol. The lowest BCUT2D eigenvalue weighted by Gasteiger charge is -2.25. The van der Waals surface area contributed by atoms with Gasteiger partial charge in [0.2, 0.25) is 0 Å². The smallest absolute Gasteiger partial charge is 0.335 e. The molecule has 1 aliphatic heterocycles. The van der Waals surface area contributed by atoms with Gasteiger partial charge in [-0.3, -0.25) is 9.79 Å². The number of allylic oxidation sites excluding steroid dienone is 1. The number of carbonyl (C=O) groups excluding carboxylic acids is 1. The van der Waals surface area contributed by atoms with E-state index in [4.69, 9.17) is 16.3 Å². The van der Waals surface area contributed by atoms with E-state index in [1.54, 1.807) is 54.8 Å². The van der Waals surface area contributed by atoms with Gasteiger partial charge in [-0.1, -0.05) is 36.7 Å². The minimum Gasteiger partial charge on any atom is -0.493 e. The van der Waals surface area contributed by atoms with E-state index in [1.165, 1.54) is 0 Å². The van der Waals surface area contributed by atoms with Gasteiger partial charge in [0.15, 0.2) is 5.78 Å². The predicted octanol–water partition coefficient (Wildman–Crippen LogP) is 6.30. The van der Waals surface area contributed by atoms with Gasteiger partial charge in [0.25, 0.3) is 0 Å². The van der Waals surface area contributed by atoms with E-state index in [1.807, 2.05) is 37.3 Å². The van der Waals surface area contributed by atoms with Gasteiger partial charge in [-0.25, -0.2) is 4.79 Å². The van der Waals surface area contributed by atoms with E-state index in [2.05, 4.69) is 4.99 Å². The predicted molar refractivity (Wildman–Crippen MR) is 134 cm³/mol. The van der Waals surface area contributed by atoms with Gasteiger partial charge in [-0.15, -0.1) is 0 Å². The van der Waals surface area contributed by atoms with E-state index in [0.717, 1.165) is 23.1 Å². The molecule has 0 saturated heterocycles. The molecule has 1 unspecified atom stereocenters. The number of nitrogens with zero attached hydrogens (tertiary/aromatic N) is 1. The minimum absolute atomic E-state index is 0.131. The molecule has 1 atom stereocenters. The number of carboxylic acids is 1. The van der Waals surface area contributed by atoms with Gasteiger partial charge in [0.05, 0.1) is 12.2 Å². The fraction of sp³-hybridized carbons (Fsp3) is 0.179. The Morgan fingerprint density at radius 2 is 1.76 bits per heavy atom. The zero-order chi connectivity index (χ0) is 24.1. The number of aliphatic imine (C=N–C) groups is 1. The molecule has 0 aromatic heterocycles. The Morgan fingerprint density at radius 3 is 2.44 bits per heavy atom. The molecule has 0 radical (unpaired) electrons. The van der Waals surface area contributed by atoms with Crippen LogP contribution in [0, 0.1) is 0 Å². The molecule has 0 amide bonds. The number of ketones is 1. The highest BCUT2D eigenvalue weighted by molar-refractivity contribution is 6.30. The SMILES string of the molecule is CCCOc1ccc(-c2cccc(C(=O)O)c2)cc1CC1(C(=O)c2ccc(Cl)cc2)C=CC=N1. The second-order valence-corrected chi connectivity index (χ2v) is 8.57. The molecule has 3 aromatic carbocycles. The summed E-state index contributed by atoms with van der Waals surface area (Å²) in [5.41, 5.74) is 2.06. The van der Waals surface area contributed by atoms with E-state index >= 15 is 0 Å². The summed E-state index contributed by atoms with van der Waals surface area (Å²) in [6.45, 7) is 2.57. The summed E-state index contributed by atoms with van der Waals surface area (Å²) in [6.07, 6.45) is 6.37. The maximum Gasteiger partial charge on any atom is 0.335 e. The van der Waals surface area contributed by atoms with Crippen molar-refractivity contribution in [2.45, 2.75) is 25.3 Å². The minimum atomic E-state index is -1.10. The topological polar surface area (TPSA) is 76.0 Å². The van der Waals surface area contributed by atoms with Gasteiger partial charge in [0, 0.05) is 23.2 Å². The second-order valence-electron chi connectivity index (χ2n) is 8.13. The van der Waals surface area contributed by atoms with E-state index < -0.39 is 11.5 Å². The Balaban J connectivity index is 1.75. The van der Waals surface area contributed by atoms with Crippen molar-refractivity contribution < 1.29 is 19.4 Å². The van der Waals surface area contributed by atoms with Crippen LogP contribution in [0.15, 0.2) is 83.9 Å². The van der Waals surface area contributed by atoms with Crippen molar-refractivity contribution >= 4 is 29.6 Å². The van der Waals surface area contributed by atoms with Gasteiger partial charge in [0.1, 0.15) is 11.3 Å². The lowest BCUT2D eigenvalue weighted by molar-refractivity contribution is 0.0696. The first kappa shape index (κ1) is 23.5. The summed E-state index contributed by atoms with van der Waals surface area (Å²) >= 11 is 6.01. The van der Waals surface area contributed by atoms with Crippen molar-refractivity contribution in [2.24, 2.45) is 4.99 Å². The summed E-state index contributed by atoms with van der Waals surface area (Å²) in [5, 5.41) is 9.93. The first-order chi connectivity index (χ1) is 16.4. The molecule has 0 bridgehead atoms. The summed E-state index contributed by atoms with van der Waals surface area (Å²) in [4.78, 5) is 29.6. The number of hydrogen-bond acceptors (Lipinski definition) is 4. The number of benzene rings is 3. The van der Waals surface area contributed by atoms with Gasteiger partial charge < -0.3 is 9.84 Å². The Morgan fingerprint density at radius 1 is 1.00 bits per heavy atom. The zero-order valence-corrected chi connectivity index (χ0v) is 19.5. The molecule has 0 saturated carbocycles. The first-order valence-electron chi connectivity index (χ1n) is 11.0. The molecular weight excluding hydrogens is 450 g/mol.